The number of carbonyl (C=O) groups is 1. The molecule has 2 heterocycles. The number of aryl methyl sites for hydroxylation is 2. The molecule has 0 aromatic carbocycles. The number of nitrogens with one attached hydrogen (secondary N) is 2. The summed E-state index contributed by atoms with van der Waals surface area (Å²) in [5, 5.41) is 10.2. The minimum atomic E-state index is 0. The largest absolute Gasteiger partial charge is 0.356 e. The van der Waals surface area contributed by atoms with Crippen LogP contribution in [0, 0.1) is 0 Å². The topological polar surface area (TPSA) is 83.3 Å². The average Bonchev–Trinajstić information content (AvgIpc) is 3.00. The Morgan fingerprint density at radius 3 is 2.83 bits per heavy atom. The third kappa shape index (κ3) is 8.08. The monoisotopic (exact) mass is 359 g/mol. The first-order valence-electron chi connectivity index (χ1n) is 8.79. The van der Waals surface area contributed by atoms with Gasteiger partial charge in [0, 0.05) is 52.0 Å². The Morgan fingerprint density at radius 1 is 1.29 bits per heavy atom. The smallest absolute Gasteiger partial charge is 0.226 e. The predicted molar refractivity (Wildman–Crippen MR) is 95.4 cm³/mol. The summed E-state index contributed by atoms with van der Waals surface area (Å²) in [6, 6.07) is 0. The molecular weight excluding hydrogens is 330 g/mol. The van der Waals surface area contributed by atoms with E-state index < -0.39 is 0 Å². The van der Waals surface area contributed by atoms with Crippen LogP contribution in [0.25, 0.3) is 0 Å². The molecule has 1 aromatic rings. The Morgan fingerprint density at radius 2 is 2.08 bits per heavy atom. The van der Waals surface area contributed by atoms with E-state index in [0.717, 1.165) is 70.8 Å². The molecule has 1 saturated heterocycles. The van der Waals surface area contributed by atoms with E-state index in [-0.39, 0.29) is 18.3 Å². The Labute approximate surface area is 150 Å². The van der Waals surface area contributed by atoms with Crippen LogP contribution in [0.2, 0.25) is 0 Å². The first-order chi connectivity index (χ1) is 11.3. The maximum absolute atomic E-state index is 11.8. The molecule has 0 atom stereocenters. The van der Waals surface area contributed by atoms with Gasteiger partial charge in [0.25, 0.3) is 0 Å². The lowest BCUT2D eigenvalue weighted by Gasteiger charge is -2.27. The van der Waals surface area contributed by atoms with Crippen LogP contribution in [0.15, 0.2) is 4.52 Å². The molecule has 0 bridgehead atoms. The number of nitrogens with zero attached hydrogens (tertiary/aromatic N) is 3. The molecule has 2 N–H and O–H groups in total. The molecule has 0 saturated carbocycles. The van der Waals surface area contributed by atoms with Crippen molar-refractivity contribution >= 4 is 18.3 Å². The van der Waals surface area contributed by atoms with E-state index in [2.05, 4.69) is 32.6 Å². The first kappa shape index (κ1) is 20.9. The molecule has 0 aliphatic carbocycles. The molecule has 1 fully saturated rings. The summed E-state index contributed by atoms with van der Waals surface area (Å²) in [5.74, 6) is 1.51. The van der Waals surface area contributed by atoms with Crippen molar-refractivity contribution < 1.29 is 9.32 Å². The van der Waals surface area contributed by atoms with Gasteiger partial charge in [0.1, 0.15) is 0 Å². The lowest BCUT2D eigenvalue weighted by Crippen LogP contribution is -2.44. The van der Waals surface area contributed by atoms with E-state index in [9.17, 15) is 4.79 Å². The van der Waals surface area contributed by atoms with Crippen LogP contribution >= 0.6 is 12.4 Å². The normalized spacial score (nSPS) is 15.0. The summed E-state index contributed by atoms with van der Waals surface area (Å²) < 4.78 is 5.16. The number of amides is 1. The van der Waals surface area contributed by atoms with Gasteiger partial charge in [-0.25, -0.2) is 0 Å². The second-order valence-electron chi connectivity index (χ2n) is 6.00. The molecule has 0 unspecified atom stereocenters. The Bertz CT molecular complexity index is 463. The Kier molecular flexibility index (Phi) is 10.6. The maximum atomic E-state index is 11.8. The lowest BCUT2D eigenvalue weighted by molar-refractivity contribution is -0.121. The number of hydrogen-bond donors (Lipinski definition) is 2. The molecule has 7 nitrogen and oxygen atoms in total. The summed E-state index contributed by atoms with van der Waals surface area (Å²) in [4.78, 5) is 18.5. The van der Waals surface area contributed by atoms with Gasteiger partial charge in [0.15, 0.2) is 5.82 Å². The van der Waals surface area contributed by atoms with Crippen molar-refractivity contribution in [3.05, 3.63) is 11.7 Å². The van der Waals surface area contributed by atoms with Gasteiger partial charge < -0.3 is 20.1 Å². The van der Waals surface area contributed by atoms with Gasteiger partial charge in [-0.3, -0.25) is 4.79 Å². The van der Waals surface area contributed by atoms with Gasteiger partial charge in [-0.1, -0.05) is 12.1 Å². The van der Waals surface area contributed by atoms with Crippen LogP contribution in [-0.2, 0) is 17.6 Å². The molecule has 0 spiro atoms. The fourth-order valence-corrected chi connectivity index (χ4v) is 2.67. The van der Waals surface area contributed by atoms with Crippen molar-refractivity contribution in [3.8, 4) is 0 Å². The summed E-state index contributed by atoms with van der Waals surface area (Å²) in [6.45, 7) is 8.26. The quantitative estimate of drug-likeness (QED) is 0.610. The van der Waals surface area contributed by atoms with Gasteiger partial charge in [0.05, 0.1) is 0 Å². The van der Waals surface area contributed by atoms with Crippen LogP contribution in [-0.4, -0.2) is 60.2 Å². The highest BCUT2D eigenvalue weighted by Gasteiger charge is 2.09. The number of aromatic nitrogens is 2. The summed E-state index contributed by atoms with van der Waals surface area (Å²) in [5.41, 5.74) is 0. The maximum Gasteiger partial charge on any atom is 0.226 e. The fourth-order valence-electron chi connectivity index (χ4n) is 2.67. The van der Waals surface area contributed by atoms with Gasteiger partial charge in [0.2, 0.25) is 11.8 Å². The standard InChI is InChI=1S/C16H29N5O2.ClH/c1-2-5-14-19-16(23-20-14)7-3-6-15(22)18-8-4-11-21-12-9-17-10-13-21;/h17H,2-13H2,1H3,(H,18,22);1H. The third-order valence-electron chi connectivity index (χ3n) is 3.96. The van der Waals surface area contributed by atoms with E-state index in [0.29, 0.717) is 18.7 Å². The second-order valence-corrected chi connectivity index (χ2v) is 6.00. The van der Waals surface area contributed by atoms with E-state index in [1.807, 2.05) is 0 Å². The third-order valence-corrected chi connectivity index (χ3v) is 3.96. The first-order valence-corrected chi connectivity index (χ1v) is 8.79. The lowest BCUT2D eigenvalue weighted by atomic mass is 10.2. The zero-order valence-electron chi connectivity index (χ0n) is 14.6. The van der Waals surface area contributed by atoms with Crippen LogP contribution in [0.1, 0.15) is 44.3 Å². The average molecular weight is 360 g/mol. The van der Waals surface area contributed by atoms with E-state index in [1.165, 1.54) is 0 Å². The van der Waals surface area contributed by atoms with Gasteiger partial charge in [-0.05, 0) is 25.8 Å². The molecule has 138 valence electrons. The number of halogens is 1. The van der Waals surface area contributed by atoms with E-state index >= 15 is 0 Å². The highest BCUT2D eigenvalue weighted by molar-refractivity contribution is 5.85. The summed E-state index contributed by atoms with van der Waals surface area (Å²) in [6.07, 6.45) is 4.80. The highest BCUT2D eigenvalue weighted by Crippen LogP contribution is 2.04. The number of piperazine rings is 1. The highest BCUT2D eigenvalue weighted by atomic mass is 35.5. The second kappa shape index (κ2) is 12.2. The van der Waals surface area contributed by atoms with Crippen LogP contribution in [0.5, 0.6) is 0 Å². The molecule has 24 heavy (non-hydrogen) atoms. The minimum Gasteiger partial charge on any atom is -0.356 e. The van der Waals surface area contributed by atoms with Crippen molar-refractivity contribution in [1.82, 2.24) is 25.7 Å². The molecule has 1 aromatic heterocycles. The van der Waals surface area contributed by atoms with Crippen molar-refractivity contribution in [1.29, 1.82) is 0 Å². The zero-order valence-corrected chi connectivity index (χ0v) is 15.4. The van der Waals surface area contributed by atoms with Crippen LogP contribution < -0.4 is 10.6 Å². The van der Waals surface area contributed by atoms with Crippen molar-refractivity contribution in [3.63, 3.8) is 0 Å². The predicted octanol–water partition coefficient (Wildman–Crippen LogP) is 1.18. The summed E-state index contributed by atoms with van der Waals surface area (Å²) >= 11 is 0. The van der Waals surface area contributed by atoms with Crippen LogP contribution in [0.4, 0.5) is 0 Å². The van der Waals surface area contributed by atoms with Crippen molar-refractivity contribution in [2.75, 3.05) is 39.3 Å². The minimum absolute atomic E-state index is 0. The van der Waals surface area contributed by atoms with Gasteiger partial charge >= 0.3 is 0 Å². The fraction of sp³-hybridized carbons (Fsp3) is 0.812. The van der Waals surface area contributed by atoms with Gasteiger partial charge in [-0.15, -0.1) is 12.4 Å². The van der Waals surface area contributed by atoms with Gasteiger partial charge in [-0.2, -0.15) is 4.98 Å². The molecule has 2 rings (SSSR count). The molecule has 1 aliphatic rings. The Hall–Kier alpha value is -1.18. The molecule has 1 amide bonds. The SMILES string of the molecule is CCCc1noc(CCCC(=O)NCCCN2CCNCC2)n1.Cl. The van der Waals surface area contributed by atoms with Crippen LogP contribution in [0.3, 0.4) is 0 Å². The van der Waals surface area contributed by atoms with Crippen molar-refractivity contribution in [2.45, 2.75) is 45.4 Å². The molecule has 0 radical (unpaired) electrons. The molecular formula is C16H30ClN5O2. The Balaban J connectivity index is 0.00000288. The molecule has 1 aliphatic heterocycles. The van der Waals surface area contributed by atoms with E-state index in [4.69, 9.17) is 4.52 Å². The number of rotatable bonds is 10. The molecule has 8 heteroatoms. The number of hydrogen-bond acceptors (Lipinski definition) is 6. The van der Waals surface area contributed by atoms with Crippen molar-refractivity contribution in [2.24, 2.45) is 0 Å². The summed E-state index contributed by atoms with van der Waals surface area (Å²) in [7, 11) is 0. The van der Waals surface area contributed by atoms with E-state index in [1.54, 1.807) is 0 Å². The number of carbonyl (C=O) groups excluding carboxylic acids is 1. The zero-order chi connectivity index (χ0) is 16.3.